The molecule has 0 heterocycles. The van der Waals surface area contributed by atoms with Gasteiger partial charge in [-0.1, -0.05) is 22.0 Å². The SMILES string of the molecule is N=C(N)c1ccc(Br)cc1Oc1cccc(F)c1F. The summed E-state index contributed by atoms with van der Waals surface area (Å²) in [4.78, 5) is 0. The first kappa shape index (κ1) is 13.5. The van der Waals surface area contributed by atoms with Crippen LogP contribution in [0.4, 0.5) is 8.78 Å². The van der Waals surface area contributed by atoms with Gasteiger partial charge < -0.3 is 10.5 Å². The van der Waals surface area contributed by atoms with Gasteiger partial charge in [-0.05, 0) is 30.3 Å². The van der Waals surface area contributed by atoms with E-state index < -0.39 is 11.6 Å². The molecule has 0 aliphatic rings. The number of amidine groups is 1. The molecule has 0 saturated heterocycles. The lowest BCUT2D eigenvalue weighted by molar-refractivity contribution is 0.415. The van der Waals surface area contributed by atoms with Crippen molar-refractivity contribution in [1.82, 2.24) is 0 Å². The topological polar surface area (TPSA) is 59.1 Å². The second-order valence-electron chi connectivity index (χ2n) is 3.71. The average molecular weight is 327 g/mol. The Morgan fingerprint density at radius 1 is 1.16 bits per heavy atom. The predicted octanol–water partition coefficient (Wildman–Crippen LogP) is 3.80. The molecule has 0 fully saturated rings. The number of nitrogens with one attached hydrogen (secondary N) is 1. The fraction of sp³-hybridized carbons (Fsp3) is 0. The summed E-state index contributed by atoms with van der Waals surface area (Å²) in [6.07, 6.45) is 0. The van der Waals surface area contributed by atoms with Crippen molar-refractivity contribution in [3.8, 4) is 11.5 Å². The van der Waals surface area contributed by atoms with E-state index in [1.165, 1.54) is 18.2 Å². The number of benzene rings is 2. The van der Waals surface area contributed by atoms with Gasteiger partial charge in [0.1, 0.15) is 11.6 Å². The van der Waals surface area contributed by atoms with E-state index >= 15 is 0 Å². The first-order chi connectivity index (χ1) is 8.99. The zero-order valence-electron chi connectivity index (χ0n) is 9.58. The normalized spacial score (nSPS) is 10.3. The van der Waals surface area contributed by atoms with Crippen LogP contribution in [0.2, 0.25) is 0 Å². The number of hydrogen-bond acceptors (Lipinski definition) is 2. The third-order valence-electron chi connectivity index (χ3n) is 2.37. The van der Waals surface area contributed by atoms with E-state index in [9.17, 15) is 8.78 Å². The van der Waals surface area contributed by atoms with Gasteiger partial charge in [0.25, 0.3) is 0 Å². The van der Waals surface area contributed by atoms with Crippen molar-refractivity contribution in [1.29, 1.82) is 5.41 Å². The van der Waals surface area contributed by atoms with E-state index in [0.29, 0.717) is 10.0 Å². The minimum Gasteiger partial charge on any atom is -0.453 e. The van der Waals surface area contributed by atoms with E-state index in [2.05, 4.69) is 15.9 Å². The summed E-state index contributed by atoms with van der Waals surface area (Å²) < 4.78 is 32.6. The fourth-order valence-corrected chi connectivity index (χ4v) is 1.82. The molecule has 0 aromatic heterocycles. The number of nitrogens with two attached hydrogens (primary N) is 1. The lowest BCUT2D eigenvalue weighted by atomic mass is 10.2. The zero-order valence-corrected chi connectivity index (χ0v) is 11.2. The molecular formula is C13H9BrF2N2O. The van der Waals surface area contributed by atoms with Gasteiger partial charge in [0.2, 0.25) is 5.82 Å². The van der Waals surface area contributed by atoms with Gasteiger partial charge in [0, 0.05) is 4.47 Å². The maximum absolute atomic E-state index is 13.5. The van der Waals surface area contributed by atoms with Crippen molar-refractivity contribution in [2.45, 2.75) is 0 Å². The molecule has 2 aromatic carbocycles. The van der Waals surface area contributed by atoms with E-state index in [0.717, 1.165) is 6.07 Å². The van der Waals surface area contributed by atoms with Gasteiger partial charge in [0.05, 0.1) is 5.56 Å². The quantitative estimate of drug-likeness (QED) is 0.665. The van der Waals surface area contributed by atoms with Crippen LogP contribution in [0.15, 0.2) is 40.9 Å². The first-order valence-corrected chi connectivity index (χ1v) is 6.04. The molecule has 0 spiro atoms. The summed E-state index contributed by atoms with van der Waals surface area (Å²) in [6, 6.07) is 8.38. The Kier molecular flexibility index (Phi) is 3.80. The third kappa shape index (κ3) is 2.90. The zero-order chi connectivity index (χ0) is 14.0. The molecule has 2 aromatic rings. The number of halogens is 3. The number of hydrogen-bond donors (Lipinski definition) is 2. The van der Waals surface area contributed by atoms with Crippen LogP contribution in [-0.4, -0.2) is 5.84 Å². The highest BCUT2D eigenvalue weighted by atomic mass is 79.9. The summed E-state index contributed by atoms with van der Waals surface area (Å²) in [5.74, 6) is -2.40. The number of nitrogen functional groups attached to an aromatic ring is 1. The summed E-state index contributed by atoms with van der Waals surface area (Å²) in [7, 11) is 0. The Labute approximate surface area is 116 Å². The summed E-state index contributed by atoms with van der Waals surface area (Å²) in [5.41, 5.74) is 5.70. The van der Waals surface area contributed by atoms with Crippen molar-refractivity contribution >= 4 is 21.8 Å². The molecule has 0 bridgehead atoms. The van der Waals surface area contributed by atoms with Crippen molar-refractivity contribution in [2.24, 2.45) is 5.73 Å². The number of rotatable bonds is 3. The molecule has 3 nitrogen and oxygen atoms in total. The smallest absolute Gasteiger partial charge is 0.201 e. The minimum absolute atomic E-state index is 0.173. The van der Waals surface area contributed by atoms with Crippen molar-refractivity contribution in [2.75, 3.05) is 0 Å². The van der Waals surface area contributed by atoms with Crippen LogP contribution in [-0.2, 0) is 0 Å². The van der Waals surface area contributed by atoms with Gasteiger partial charge in [-0.15, -0.1) is 0 Å². The molecule has 0 aliphatic heterocycles. The second-order valence-corrected chi connectivity index (χ2v) is 4.62. The maximum atomic E-state index is 13.5. The van der Waals surface area contributed by atoms with Gasteiger partial charge in [-0.25, -0.2) is 4.39 Å². The molecular weight excluding hydrogens is 318 g/mol. The van der Waals surface area contributed by atoms with Gasteiger partial charge in [-0.3, -0.25) is 5.41 Å². The first-order valence-electron chi connectivity index (χ1n) is 5.25. The van der Waals surface area contributed by atoms with Crippen LogP contribution in [0, 0.1) is 17.0 Å². The average Bonchev–Trinajstić information content (AvgIpc) is 2.35. The summed E-state index contributed by atoms with van der Waals surface area (Å²) in [5, 5.41) is 7.42. The second kappa shape index (κ2) is 5.36. The Morgan fingerprint density at radius 2 is 1.89 bits per heavy atom. The van der Waals surface area contributed by atoms with E-state index in [4.69, 9.17) is 15.9 Å². The van der Waals surface area contributed by atoms with Crippen LogP contribution >= 0.6 is 15.9 Å². The lowest BCUT2D eigenvalue weighted by Gasteiger charge is -2.11. The highest BCUT2D eigenvalue weighted by molar-refractivity contribution is 9.10. The van der Waals surface area contributed by atoms with Crippen LogP contribution in [0.3, 0.4) is 0 Å². The standard InChI is InChI=1S/C13H9BrF2N2O/c14-7-4-5-8(13(17)18)11(6-7)19-10-3-1-2-9(15)12(10)16/h1-6H,(H3,17,18). The van der Waals surface area contributed by atoms with E-state index in [1.54, 1.807) is 12.1 Å². The Bertz CT molecular complexity index is 647. The molecule has 0 unspecified atom stereocenters. The minimum atomic E-state index is -1.09. The highest BCUT2D eigenvalue weighted by Crippen LogP contribution is 2.30. The van der Waals surface area contributed by atoms with Crippen LogP contribution < -0.4 is 10.5 Å². The predicted molar refractivity (Wildman–Crippen MR) is 71.6 cm³/mol. The molecule has 98 valence electrons. The largest absolute Gasteiger partial charge is 0.453 e. The molecule has 0 amide bonds. The van der Waals surface area contributed by atoms with Crippen LogP contribution in [0.1, 0.15) is 5.56 Å². The monoisotopic (exact) mass is 326 g/mol. The lowest BCUT2D eigenvalue weighted by Crippen LogP contribution is -2.12. The van der Waals surface area contributed by atoms with E-state index in [-0.39, 0.29) is 17.3 Å². The highest BCUT2D eigenvalue weighted by Gasteiger charge is 2.13. The van der Waals surface area contributed by atoms with Gasteiger partial charge in [-0.2, -0.15) is 4.39 Å². The molecule has 2 rings (SSSR count). The van der Waals surface area contributed by atoms with Crippen molar-refractivity contribution in [3.63, 3.8) is 0 Å². The fourth-order valence-electron chi connectivity index (χ4n) is 1.48. The molecule has 0 aliphatic carbocycles. The maximum Gasteiger partial charge on any atom is 0.201 e. The Balaban J connectivity index is 2.45. The van der Waals surface area contributed by atoms with Crippen LogP contribution in [0.25, 0.3) is 0 Å². The molecule has 3 N–H and O–H groups in total. The van der Waals surface area contributed by atoms with Crippen molar-refractivity contribution in [3.05, 3.63) is 58.1 Å². The molecule has 0 saturated carbocycles. The summed E-state index contributed by atoms with van der Waals surface area (Å²) >= 11 is 3.23. The molecule has 0 atom stereocenters. The Morgan fingerprint density at radius 3 is 2.58 bits per heavy atom. The molecule has 6 heteroatoms. The van der Waals surface area contributed by atoms with E-state index in [1.807, 2.05) is 0 Å². The van der Waals surface area contributed by atoms with Crippen molar-refractivity contribution < 1.29 is 13.5 Å². The van der Waals surface area contributed by atoms with Crippen LogP contribution in [0.5, 0.6) is 11.5 Å². The van der Waals surface area contributed by atoms with Gasteiger partial charge in [0.15, 0.2) is 11.6 Å². The molecule has 19 heavy (non-hydrogen) atoms. The third-order valence-corrected chi connectivity index (χ3v) is 2.86. The summed E-state index contributed by atoms with van der Waals surface area (Å²) in [6.45, 7) is 0. The Hall–Kier alpha value is -1.95. The van der Waals surface area contributed by atoms with Gasteiger partial charge >= 0.3 is 0 Å². The number of ether oxygens (including phenoxy) is 1. The molecule has 0 radical (unpaired) electrons.